The van der Waals surface area contributed by atoms with Gasteiger partial charge >= 0.3 is 6.18 Å². The highest BCUT2D eigenvalue weighted by Gasteiger charge is 2.30. The van der Waals surface area contributed by atoms with E-state index in [4.69, 9.17) is 0 Å². The highest BCUT2D eigenvalue weighted by molar-refractivity contribution is 5.70. The van der Waals surface area contributed by atoms with Crippen LogP contribution in [0, 0.1) is 0 Å². The molecule has 0 bridgehead atoms. The summed E-state index contributed by atoms with van der Waals surface area (Å²) >= 11 is 0. The second kappa shape index (κ2) is 7.46. The predicted octanol–water partition coefficient (Wildman–Crippen LogP) is 1.74. The first-order valence-corrected chi connectivity index (χ1v) is 5.56. The Balaban J connectivity index is 0.000000796. The van der Waals surface area contributed by atoms with Crippen molar-refractivity contribution >= 4 is 12.3 Å². The molecule has 1 aromatic heterocycles. The number of primary amides is 1. The molecule has 2 amide bonds. The fourth-order valence-corrected chi connectivity index (χ4v) is 1.12. The first-order chi connectivity index (χ1) is 9.09. The van der Waals surface area contributed by atoms with E-state index in [-0.39, 0.29) is 11.9 Å². The standard InChI is InChI=1S/C10H11F3N2O.C2H5NO/c1-7(15(2)6-16)9-4-3-8(5-14-9)10(11,12)13;1-2(3)4/h3-7H,1-2H3;1H3,(H2,3,4). The highest BCUT2D eigenvalue weighted by Crippen LogP contribution is 2.29. The van der Waals surface area contributed by atoms with Gasteiger partial charge in [0, 0.05) is 20.2 Å². The van der Waals surface area contributed by atoms with Gasteiger partial charge in [-0.1, -0.05) is 0 Å². The Morgan fingerprint density at radius 1 is 1.45 bits per heavy atom. The van der Waals surface area contributed by atoms with Crippen molar-refractivity contribution in [3.63, 3.8) is 0 Å². The van der Waals surface area contributed by atoms with Crippen molar-refractivity contribution < 1.29 is 22.8 Å². The molecule has 1 rings (SSSR count). The lowest BCUT2D eigenvalue weighted by Crippen LogP contribution is -2.21. The number of pyridine rings is 1. The number of hydrogen-bond donors (Lipinski definition) is 1. The number of rotatable bonds is 3. The normalized spacial score (nSPS) is 11.9. The maximum absolute atomic E-state index is 12.2. The maximum atomic E-state index is 12.2. The maximum Gasteiger partial charge on any atom is 0.417 e. The minimum absolute atomic E-state index is 0.333. The van der Waals surface area contributed by atoms with Crippen molar-refractivity contribution in [3.8, 4) is 0 Å². The summed E-state index contributed by atoms with van der Waals surface area (Å²) in [5.74, 6) is -0.333. The van der Waals surface area contributed by atoms with E-state index in [0.29, 0.717) is 12.1 Å². The fourth-order valence-electron chi connectivity index (χ4n) is 1.12. The molecule has 0 aliphatic heterocycles. The summed E-state index contributed by atoms with van der Waals surface area (Å²) in [7, 11) is 1.54. The summed E-state index contributed by atoms with van der Waals surface area (Å²) in [5.41, 5.74) is 4.10. The molecule has 0 aromatic carbocycles. The molecule has 0 saturated heterocycles. The third kappa shape index (κ3) is 6.17. The quantitative estimate of drug-likeness (QED) is 0.862. The Hall–Kier alpha value is -2.12. The molecule has 0 radical (unpaired) electrons. The molecule has 20 heavy (non-hydrogen) atoms. The third-order valence-corrected chi connectivity index (χ3v) is 2.32. The molecule has 8 heteroatoms. The first kappa shape index (κ1) is 17.9. The zero-order chi connectivity index (χ0) is 15.9. The molecule has 1 aromatic rings. The predicted molar refractivity (Wildman–Crippen MR) is 66.3 cm³/mol. The molecular weight excluding hydrogens is 275 g/mol. The van der Waals surface area contributed by atoms with Crippen LogP contribution >= 0.6 is 0 Å². The lowest BCUT2D eigenvalue weighted by molar-refractivity contribution is -0.138. The van der Waals surface area contributed by atoms with E-state index in [1.165, 1.54) is 24.9 Å². The van der Waals surface area contributed by atoms with Crippen LogP contribution in [0.15, 0.2) is 18.3 Å². The summed E-state index contributed by atoms with van der Waals surface area (Å²) in [4.78, 5) is 24.7. The number of nitrogens with two attached hydrogens (primary N) is 1. The Kier molecular flexibility index (Phi) is 6.67. The smallest absolute Gasteiger partial charge is 0.370 e. The number of alkyl halides is 3. The number of carbonyl (C=O) groups excluding carboxylic acids is 2. The zero-order valence-corrected chi connectivity index (χ0v) is 11.3. The molecule has 2 N–H and O–H groups in total. The molecular formula is C12H16F3N3O2. The van der Waals surface area contributed by atoms with Gasteiger partial charge in [0.2, 0.25) is 12.3 Å². The van der Waals surface area contributed by atoms with Crippen molar-refractivity contribution in [1.29, 1.82) is 0 Å². The van der Waals surface area contributed by atoms with Gasteiger partial charge in [-0.15, -0.1) is 0 Å². The van der Waals surface area contributed by atoms with E-state index < -0.39 is 11.7 Å². The van der Waals surface area contributed by atoms with E-state index in [2.05, 4.69) is 10.7 Å². The second-order valence-corrected chi connectivity index (χ2v) is 4.03. The number of halogens is 3. The molecule has 1 unspecified atom stereocenters. The third-order valence-electron chi connectivity index (χ3n) is 2.32. The first-order valence-electron chi connectivity index (χ1n) is 5.56. The van der Waals surface area contributed by atoms with Crippen LogP contribution in [0.4, 0.5) is 13.2 Å². The molecule has 1 atom stereocenters. The second-order valence-electron chi connectivity index (χ2n) is 4.03. The van der Waals surface area contributed by atoms with Gasteiger partial charge in [-0.3, -0.25) is 14.6 Å². The van der Waals surface area contributed by atoms with E-state index >= 15 is 0 Å². The monoisotopic (exact) mass is 291 g/mol. The molecule has 1 heterocycles. The molecule has 0 aliphatic rings. The topological polar surface area (TPSA) is 76.3 Å². The molecule has 0 spiro atoms. The van der Waals surface area contributed by atoms with Crippen LogP contribution < -0.4 is 5.73 Å². The number of nitrogens with zero attached hydrogens (tertiary/aromatic N) is 2. The van der Waals surface area contributed by atoms with Gasteiger partial charge in [0.15, 0.2) is 0 Å². The Labute approximate surface area is 114 Å². The Morgan fingerprint density at radius 2 is 1.95 bits per heavy atom. The summed E-state index contributed by atoms with van der Waals surface area (Å²) in [6, 6.07) is 1.88. The largest absolute Gasteiger partial charge is 0.417 e. The Morgan fingerprint density at radius 3 is 2.25 bits per heavy atom. The van der Waals surface area contributed by atoms with E-state index in [1.54, 1.807) is 6.92 Å². The minimum Gasteiger partial charge on any atom is -0.370 e. The number of hydrogen-bond acceptors (Lipinski definition) is 3. The lowest BCUT2D eigenvalue weighted by Gasteiger charge is -2.19. The number of amides is 2. The summed E-state index contributed by atoms with van der Waals surface area (Å²) in [5, 5.41) is 0. The van der Waals surface area contributed by atoms with Gasteiger partial charge < -0.3 is 10.6 Å². The fraction of sp³-hybridized carbons (Fsp3) is 0.417. The van der Waals surface area contributed by atoms with E-state index in [1.807, 2.05) is 0 Å². The Bertz CT molecular complexity index is 442. The van der Waals surface area contributed by atoms with Gasteiger partial charge in [-0.25, -0.2) is 0 Å². The molecule has 5 nitrogen and oxygen atoms in total. The highest BCUT2D eigenvalue weighted by atomic mass is 19.4. The average molecular weight is 291 g/mol. The molecule has 112 valence electrons. The molecule has 0 aliphatic carbocycles. The summed E-state index contributed by atoms with van der Waals surface area (Å²) in [6.45, 7) is 2.99. The van der Waals surface area contributed by atoms with Gasteiger partial charge in [0.25, 0.3) is 0 Å². The number of carbonyl (C=O) groups is 2. The van der Waals surface area contributed by atoms with Crippen LogP contribution in [0.5, 0.6) is 0 Å². The van der Waals surface area contributed by atoms with Crippen molar-refractivity contribution in [1.82, 2.24) is 9.88 Å². The van der Waals surface area contributed by atoms with Crippen molar-refractivity contribution in [3.05, 3.63) is 29.6 Å². The van der Waals surface area contributed by atoms with Crippen LogP contribution in [0.1, 0.15) is 31.1 Å². The summed E-state index contributed by atoms with van der Waals surface area (Å²) in [6.07, 6.45) is -3.01. The van der Waals surface area contributed by atoms with E-state index in [0.717, 1.165) is 12.3 Å². The van der Waals surface area contributed by atoms with Crippen molar-refractivity contribution in [2.75, 3.05) is 7.05 Å². The van der Waals surface area contributed by atoms with Crippen molar-refractivity contribution in [2.45, 2.75) is 26.1 Å². The molecule has 0 saturated carbocycles. The van der Waals surface area contributed by atoms with Crippen LogP contribution in [-0.4, -0.2) is 29.2 Å². The summed E-state index contributed by atoms with van der Waals surface area (Å²) < 4.78 is 36.7. The number of aromatic nitrogens is 1. The van der Waals surface area contributed by atoms with Crippen LogP contribution in [0.3, 0.4) is 0 Å². The van der Waals surface area contributed by atoms with Crippen LogP contribution in [0.25, 0.3) is 0 Å². The minimum atomic E-state index is -4.38. The molecule has 0 fully saturated rings. The SMILES string of the molecule is CC(N)=O.CC(c1ccc(C(F)(F)F)cn1)N(C)C=O. The van der Waals surface area contributed by atoms with E-state index in [9.17, 15) is 22.8 Å². The average Bonchev–Trinajstić information content (AvgIpc) is 2.35. The van der Waals surface area contributed by atoms with Crippen LogP contribution in [0.2, 0.25) is 0 Å². The van der Waals surface area contributed by atoms with Gasteiger partial charge in [-0.2, -0.15) is 13.2 Å². The zero-order valence-electron chi connectivity index (χ0n) is 11.3. The van der Waals surface area contributed by atoms with Gasteiger partial charge in [0.1, 0.15) is 0 Å². The van der Waals surface area contributed by atoms with Gasteiger partial charge in [-0.05, 0) is 19.1 Å². The van der Waals surface area contributed by atoms with Crippen LogP contribution in [-0.2, 0) is 15.8 Å². The van der Waals surface area contributed by atoms with Gasteiger partial charge in [0.05, 0.1) is 17.3 Å². The lowest BCUT2D eigenvalue weighted by atomic mass is 10.1. The van der Waals surface area contributed by atoms with Crippen molar-refractivity contribution in [2.24, 2.45) is 5.73 Å².